The molecule has 0 saturated heterocycles. The van der Waals surface area contributed by atoms with Gasteiger partial charge in [0.05, 0.1) is 23.3 Å². The van der Waals surface area contributed by atoms with Crippen molar-refractivity contribution < 1.29 is 27.5 Å². The monoisotopic (exact) mass is 482 g/mol. The zero-order valence-electron chi connectivity index (χ0n) is 19.3. The van der Waals surface area contributed by atoms with E-state index in [0.29, 0.717) is 17.1 Å². The van der Waals surface area contributed by atoms with Crippen LogP contribution in [0.1, 0.15) is 28.4 Å². The molecule has 0 fully saturated rings. The Labute approximate surface area is 199 Å². The number of ether oxygens (including phenoxy) is 2. The number of carbonyl (C=O) groups excluding carboxylic acids is 2. The van der Waals surface area contributed by atoms with Crippen molar-refractivity contribution in [3.8, 4) is 5.75 Å². The van der Waals surface area contributed by atoms with Crippen LogP contribution in [0.2, 0.25) is 0 Å². The summed E-state index contributed by atoms with van der Waals surface area (Å²) >= 11 is 0. The lowest BCUT2D eigenvalue weighted by atomic mass is 10.2. The fraction of sp³-hybridized carbons (Fsp3) is 0.200. The van der Waals surface area contributed by atoms with Crippen molar-refractivity contribution in [1.82, 2.24) is 0 Å². The van der Waals surface area contributed by atoms with Gasteiger partial charge < -0.3 is 14.8 Å². The first-order valence-corrected chi connectivity index (χ1v) is 11.9. The lowest BCUT2D eigenvalue weighted by Crippen LogP contribution is -2.30. The van der Waals surface area contributed by atoms with Crippen molar-refractivity contribution in [1.29, 1.82) is 0 Å². The quantitative estimate of drug-likeness (QED) is 0.463. The molecule has 1 atom stereocenters. The summed E-state index contributed by atoms with van der Waals surface area (Å²) in [7, 11) is -2.45. The Morgan fingerprint density at radius 1 is 0.912 bits per heavy atom. The summed E-state index contributed by atoms with van der Waals surface area (Å²) in [5.74, 6) is -0.912. The number of nitrogens with one attached hydrogen (secondary N) is 2. The molecule has 9 heteroatoms. The Kier molecular flexibility index (Phi) is 7.57. The molecule has 178 valence electrons. The van der Waals surface area contributed by atoms with E-state index in [9.17, 15) is 18.0 Å². The van der Waals surface area contributed by atoms with Crippen molar-refractivity contribution in [2.45, 2.75) is 31.8 Å². The van der Waals surface area contributed by atoms with Crippen LogP contribution in [0.25, 0.3) is 0 Å². The minimum atomic E-state index is -3.93. The van der Waals surface area contributed by atoms with Gasteiger partial charge in [0.25, 0.3) is 15.9 Å². The van der Waals surface area contributed by atoms with Gasteiger partial charge in [-0.1, -0.05) is 24.3 Å². The van der Waals surface area contributed by atoms with E-state index < -0.39 is 28.0 Å². The SMILES string of the molecule is COc1ccc(C)cc1NC(=O)C(C)OC(=O)c1cccc(S(=O)(=O)Nc2cccc(C)c2)c1. The molecule has 0 saturated carbocycles. The Hall–Kier alpha value is -3.85. The third-order valence-corrected chi connectivity index (χ3v) is 6.30. The smallest absolute Gasteiger partial charge is 0.338 e. The van der Waals surface area contributed by atoms with Gasteiger partial charge in [0.15, 0.2) is 6.10 Å². The molecular weight excluding hydrogens is 456 g/mol. The standard InChI is InChI=1S/C25H26N2O6S/c1-16-7-5-9-20(13-16)27-34(30,31)21-10-6-8-19(15-21)25(29)33-18(3)24(28)26-22-14-17(2)11-12-23(22)32-4/h5-15,18,27H,1-4H3,(H,26,28). The van der Waals surface area contributed by atoms with E-state index in [-0.39, 0.29) is 10.5 Å². The van der Waals surface area contributed by atoms with Crippen LogP contribution in [0, 0.1) is 13.8 Å². The highest BCUT2D eigenvalue weighted by molar-refractivity contribution is 7.92. The van der Waals surface area contributed by atoms with Gasteiger partial charge >= 0.3 is 5.97 Å². The summed E-state index contributed by atoms with van der Waals surface area (Å²) in [5.41, 5.74) is 2.67. The van der Waals surface area contributed by atoms with Gasteiger partial charge in [-0.3, -0.25) is 9.52 Å². The van der Waals surface area contributed by atoms with E-state index in [1.165, 1.54) is 38.3 Å². The molecule has 1 unspecified atom stereocenters. The molecule has 0 aliphatic rings. The predicted molar refractivity (Wildman–Crippen MR) is 130 cm³/mol. The highest BCUT2D eigenvalue weighted by Crippen LogP contribution is 2.25. The minimum absolute atomic E-state index is 0.0000895. The van der Waals surface area contributed by atoms with Crippen molar-refractivity contribution >= 4 is 33.3 Å². The van der Waals surface area contributed by atoms with Crippen LogP contribution < -0.4 is 14.8 Å². The highest BCUT2D eigenvalue weighted by Gasteiger charge is 2.22. The van der Waals surface area contributed by atoms with Crippen molar-refractivity contribution in [2.75, 3.05) is 17.1 Å². The number of hydrogen-bond donors (Lipinski definition) is 2. The third-order valence-electron chi connectivity index (χ3n) is 4.92. The zero-order chi connectivity index (χ0) is 24.9. The summed E-state index contributed by atoms with van der Waals surface area (Å²) < 4.78 is 38.5. The lowest BCUT2D eigenvalue weighted by Gasteiger charge is -2.16. The van der Waals surface area contributed by atoms with Gasteiger partial charge in [0, 0.05) is 5.69 Å². The van der Waals surface area contributed by atoms with Crippen molar-refractivity contribution in [2.24, 2.45) is 0 Å². The van der Waals surface area contributed by atoms with Gasteiger partial charge in [0.2, 0.25) is 0 Å². The molecule has 1 amide bonds. The second kappa shape index (κ2) is 10.4. The third kappa shape index (κ3) is 6.14. The molecular formula is C25H26N2O6S. The number of benzene rings is 3. The molecule has 3 aromatic rings. The molecule has 2 N–H and O–H groups in total. The number of anilines is 2. The van der Waals surface area contributed by atoms with Gasteiger partial charge in [-0.2, -0.15) is 0 Å². The van der Waals surface area contributed by atoms with Crippen molar-refractivity contribution in [3.63, 3.8) is 0 Å². The number of methoxy groups -OCH3 is 1. The van der Waals surface area contributed by atoms with Gasteiger partial charge in [-0.05, 0) is 74.4 Å². The average Bonchev–Trinajstić information content (AvgIpc) is 2.79. The molecule has 0 aromatic heterocycles. The number of aryl methyl sites for hydroxylation is 2. The molecule has 3 rings (SSSR count). The lowest BCUT2D eigenvalue weighted by molar-refractivity contribution is -0.123. The number of rotatable bonds is 8. The molecule has 0 heterocycles. The first-order valence-electron chi connectivity index (χ1n) is 10.4. The fourth-order valence-electron chi connectivity index (χ4n) is 3.15. The van der Waals surface area contributed by atoms with E-state index in [1.54, 1.807) is 30.3 Å². The number of esters is 1. The first kappa shape index (κ1) is 24.8. The van der Waals surface area contributed by atoms with Gasteiger partial charge in [-0.15, -0.1) is 0 Å². The van der Waals surface area contributed by atoms with E-state index in [1.807, 2.05) is 26.0 Å². The number of carbonyl (C=O) groups is 2. The zero-order valence-corrected chi connectivity index (χ0v) is 20.1. The van der Waals surface area contributed by atoms with Crippen LogP contribution in [-0.2, 0) is 19.6 Å². The number of amides is 1. The first-order chi connectivity index (χ1) is 16.1. The molecule has 34 heavy (non-hydrogen) atoms. The Balaban J connectivity index is 1.71. The van der Waals surface area contributed by atoms with Crippen LogP contribution in [0.3, 0.4) is 0 Å². The Bertz CT molecular complexity index is 1320. The van der Waals surface area contributed by atoms with E-state index in [2.05, 4.69) is 10.0 Å². The van der Waals surface area contributed by atoms with Crippen LogP contribution >= 0.6 is 0 Å². The summed E-state index contributed by atoms with van der Waals surface area (Å²) in [6.45, 7) is 5.14. The Morgan fingerprint density at radius 2 is 1.62 bits per heavy atom. The molecule has 0 radical (unpaired) electrons. The topological polar surface area (TPSA) is 111 Å². The van der Waals surface area contributed by atoms with E-state index in [4.69, 9.17) is 9.47 Å². The van der Waals surface area contributed by atoms with Crippen molar-refractivity contribution in [3.05, 3.63) is 83.4 Å². The molecule has 0 aliphatic carbocycles. The molecule has 0 aliphatic heterocycles. The minimum Gasteiger partial charge on any atom is -0.495 e. The Morgan fingerprint density at radius 3 is 2.32 bits per heavy atom. The molecule has 8 nitrogen and oxygen atoms in total. The highest BCUT2D eigenvalue weighted by atomic mass is 32.2. The molecule has 3 aromatic carbocycles. The second-order valence-corrected chi connectivity index (χ2v) is 9.43. The second-order valence-electron chi connectivity index (χ2n) is 7.74. The largest absolute Gasteiger partial charge is 0.495 e. The number of sulfonamides is 1. The predicted octanol–water partition coefficient (Wildman–Crippen LogP) is 4.30. The maximum absolute atomic E-state index is 12.8. The van der Waals surface area contributed by atoms with Gasteiger partial charge in [0.1, 0.15) is 5.75 Å². The summed E-state index contributed by atoms with van der Waals surface area (Å²) in [6, 6.07) is 17.6. The summed E-state index contributed by atoms with van der Waals surface area (Å²) in [6.07, 6.45) is -1.14. The summed E-state index contributed by atoms with van der Waals surface area (Å²) in [4.78, 5) is 25.1. The van der Waals surface area contributed by atoms with Gasteiger partial charge in [-0.25, -0.2) is 13.2 Å². The normalized spacial score (nSPS) is 11.9. The van der Waals surface area contributed by atoms with Crippen LogP contribution in [0.5, 0.6) is 5.75 Å². The van der Waals surface area contributed by atoms with Crippen LogP contribution in [0.15, 0.2) is 71.6 Å². The molecule has 0 spiro atoms. The maximum atomic E-state index is 12.8. The average molecular weight is 483 g/mol. The number of hydrogen-bond acceptors (Lipinski definition) is 6. The molecule has 0 bridgehead atoms. The van der Waals surface area contributed by atoms with Crippen LogP contribution in [-0.4, -0.2) is 33.5 Å². The summed E-state index contributed by atoms with van der Waals surface area (Å²) in [5, 5.41) is 2.68. The van der Waals surface area contributed by atoms with Crippen LogP contribution in [0.4, 0.5) is 11.4 Å². The fourth-order valence-corrected chi connectivity index (χ4v) is 4.24. The van der Waals surface area contributed by atoms with E-state index >= 15 is 0 Å². The van der Waals surface area contributed by atoms with E-state index in [0.717, 1.165) is 11.1 Å². The maximum Gasteiger partial charge on any atom is 0.338 e.